The Bertz CT molecular complexity index is 3170. The predicted molar refractivity (Wildman–Crippen MR) is 223 cm³/mol. The van der Waals surface area contributed by atoms with Gasteiger partial charge in [0.2, 0.25) is 0 Å². The molecule has 0 N–H and O–H groups in total. The molecule has 0 amide bonds. The Morgan fingerprint density at radius 3 is 1.54 bits per heavy atom. The van der Waals surface area contributed by atoms with Crippen molar-refractivity contribution in [2.45, 2.75) is 0 Å². The fourth-order valence-electron chi connectivity index (χ4n) is 7.45. The third kappa shape index (κ3) is 5.41. The lowest BCUT2D eigenvalue weighted by molar-refractivity contribution is 0.667. The van der Waals surface area contributed by atoms with Gasteiger partial charge in [0.25, 0.3) is 0 Å². The summed E-state index contributed by atoms with van der Waals surface area (Å²) in [6, 6.07) is 58.9. The molecular formula is C49H29N5O2. The van der Waals surface area contributed by atoms with E-state index < -0.39 is 0 Å². The third-order valence-electron chi connectivity index (χ3n) is 10.2. The molecule has 4 heterocycles. The average Bonchev–Trinajstić information content (AvgIpc) is 3.85. The fraction of sp³-hybridized carbons (Fsp3) is 0. The van der Waals surface area contributed by atoms with Crippen molar-refractivity contribution < 1.29 is 8.83 Å². The summed E-state index contributed by atoms with van der Waals surface area (Å²) in [5.74, 6) is 2.46. The summed E-state index contributed by atoms with van der Waals surface area (Å²) in [6.45, 7) is 0. The molecule has 0 spiro atoms. The number of benzene rings is 7. The minimum Gasteiger partial charge on any atom is -0.456 e. The highest BCUT2D eigenvalue weighted by Crippen LogP contribution is 2.40. The molecule has 7 nitrogen and oxygen atoms in total. The molecule has 11 aromatic rings. The van der Waals surface area contributed by atoms with Crippen LogP contribution in [0.1, 0.15) is 0 Å². The molecule has 7 heteroatoms. The summed E-state index contributed by atoms with van der Waals surface area (Å²) < 4.78 is 12.8. The van der Waals surface area contributed by atoms with Crippen LogP contribution in [-0.4, -0.2) is 24.9 Å². The normalized spacial score (nSPS) is 11.6. The maximum atomic E-state index is 6.43. The van der Waals surface area contributed by atoms with E-state index >= 15 is 0 Å². The van der Waals surface area contributed by atoms with Crippen molar-refractivity contribution in [3.05, 3.63) is 176 Å². The Morgan fingerprint density at radius 1 is 0.321 bits per heavy atom. The Balaban J connectivity index is 1.03. The van der Waals surface area contributed by atoms with Gasteiger partial charge in [0.15, 0.2) is 28.9 Å². The molecule has 56 heavy (non-hydrogen) atoms. The summed E-state index contributed by atoms with van der Waals surface area (Å²) >= 11 is 0. The number of rotatable bonds is 6. The largest absolute Gasteiger partial charge is 0.456 e. The number of hydrogen-bond acceptors (Lipinski definition) is 7. The number of fused-ring (bicyclic) bond motifs is 6. The monoisotopic (exact) mass is 719 g/mol. The van der Waals surface area contributed by atoms with Crippen LogP contribution in [0.3, 0.4) is 0 Å². The standard InChI is InChI=1S/C49H29N5O2/c1-4-13-32(14-5-1)46-50-43(45-44(51-46)36-19-10-11-21-39(36)56-45)31-25-23-30(24-26-31)35-27-28-40-38(29-35)42-37(20-12-22-41(42)55-40)49-53-47(33-15-6-2-7-16-33)52-48(54-49)34-17-8-3-9-18-34/h1-29H. The summed E-state index contributed by atoms with van der Waals surface area (Å²) in [4.78, 5) is 25.0. The lowest BCUT2D eigenvalue weighted by Gasteiger charge is -2.09. The van der Waals surface area contributed by atoms with E-state index in [1.54, 1.807) is 0 Å². The Labute approximate surface area is 320 Å². The van der Waals surface area contributed by atoms with Crippen LogP contribution in [0.4, 0.5) is 0 Å². The molecule has 0 aliphatic rings. The van der Waals surface area contributed by atoms with E-state index in [0.717, 1.165) is 83.1 Å². The van der Waals surface area contributed by atoms with Crippen molar-refractivity contribution in [2.75, 3.05) is 0 Å². The fourth-order valence-corrected chi connectivity index (χ4v) is 7.45. The van der Waals surface area contributed by atoms with Crippen LogP contribution >= 0.6 is 0 Å². The quantitative estimate of drug-likeness (QED) is 0.169. The smallest absolute Gasteiger partial charge is 0.180 e. The number of hydrogen-bond donors (Lipinski definition) is 0. The zero-order chi connectivity index (χ0) is 37.0. The molecule has 7 aromatic carbocycles. The lowest BCUT2D eigenvalue weighted by Crippen LogP contribution is -2.00. The van der Waals surface area contributed by atoms with Gasteiger partial charge in [-0.15, -0.1) is 0 Å². The second-order valence-corrected chi connectivity index (χ2v) is 13.6. The van der Waals surface area contributed by atoms with Crippen LogP contribution < -0.4 is 0 Å². The Morgan fingerprint density at radius 2 is 0.857 bits per heavy atom. The predicted octanol–water partition coefficient (Wildman–Crippen LogP) is 12.5. The van der Waals surface area contributed by atoms with Gasteiger partial charge in [-0.25, -0.2) is 24.9 Å². The molecule has 0 saturated carbocycles. The second kappa shape index (κ2) is 13.0. The summed E-state index contributed by atoms with van der Waals surface area (Å²) in [7, 11) is 0. The number of nitrogens with zero attached hydrogens (tertiary/aromatic N) is 5. The Kier molecular flexibility index (Phi) is 7.35. The van der Waals surface area contributed by atoms with Crippen molar-refractivity contribution in [2.24, 2.45) is 0 Å². The van der Waals surface area contributed by atoms with E-state index in [4.69, 9.17) is 33.8 Å². The minimum atomic E-state index is 0.581. The van der Waals surface area contributed by atoms with E-state index in [1.807, 2.05) is 133 Å². The minimum absolute atomic E-state index is 0.581. The maximum Gasteiger partial charge on any atom is 0.180 e. The topological polar surface area (TPSA) is 90.7 Å². The highest BCUT2D eigenvalue weighted by molar-refractivity contribution is 6.13. The molecule has 0 radical (unpaired) electrons. The van der Waals surface area contributed by atoms with Gasteiger partial charge in [0, 0.05) is 44.0 Å². The molecular weight excluding hydrogens is 691 g/mol. The van der Waals surface area contributed by atoms with Gasteiger partial charge in [-0.1, -0.05) is 146 Å². The van der Waals surface area contributed by atoms with Crippen molar-refractivity contribution in [1.82, 2.24) is 24.9 Å². The first-order chi connectivity index (χ1) is 27.7. The molecule has 0 saturated heterocycles. The molecule has 262 valence electrons. The summed E-state index contributed by atoms with van der Waals surface area (Å²) in [5, 5.41) is 2.89. The highest BCUT2D eigenvalue weighted by atomic mass is 16.3. The maximum absolute atomic E-state index is 6.43. The van der Waals surface area contributed by atoms with Crippen LogP contribution in [0.2, 0.25) is 0 Å². The number of aromatic nitrogens is 5. The van der Waals surface area contributed by atoms with Gasteiger partial charge in [0.1, 0.15) is 28.0 Å². The first kappa shape index (κ1) is 31.7. The van der Waals surface area contributed by atoms with E-state index in [1.165, 1.54) is 0 Å². The van der Waals surface area contributed by atoms with Gasteiger partial charge in [-0.3, -0.25) is 0 Å². The second-order valence-electron chi connectivity index (χ2n) is 13.6. The van der Waals surface area contributed by atoms with Crippen LogP contribution in [0.5, 0.6) is 0 Å². The van der Waals surface area contributed by atoms with Crippen molar-refractivity contribution in [3.8, 4) is 67.9 Å². The molecule has 0 bridgehead atoms. The molecule has 4 aromatic heterocycles. The van der Waals surface area contributed by atoms with Crippen LogP contribution in [0.15, 0.2) is 185 Å². The van der Waals surface area contributed by atoms with E-state index in [2.05, 4.69) is 42.5 Å². The van der Waals surface area contributed by atoms with Crippen molar-refractivity contribution >= 4 is 44.0 Å². The molecule has 0 aliphatic carbocycles. The molecule has 0 fully saturated rings. The van der Waals surface area contributed by atoms with E-state index in [-0.39, 0.29) is 0 Å². The molecule has 0 aliphatic heterocycles. The van der Waals surface area contributed by atoms with Crippen molar-refractivity contribution in [3.63, 3.8) is 0 Å². The zero-order valence-corrected chi connectivity index (χ0v) is 29.8. The van der Waals surface area contributed by atoms with E-state index in [9.17, 15) is 0 Å². The number of para-hydroxylation sites is 1. The zero-order valence-electron chi connectivity index (χ0n) is 29.8. The van der Waals surface area contributed by atoms with Gasteiger partial charge in [0.05, 0.1) is 0 Å². The van der Waals surface area contributed by atoms with Crippen LogP contribution in [0.25, 0.3) is 112 Å². The molecule has 0 unspecified atom stereocenters. The van der Waals surface area contributed by atoms with Gasteiger partial charge in [-0.05, 0) is 41.5 Å². The van der Waals surface area contributed by atoms with Gasteiger partial charge < -0.3 is 8.83 Å². The average molecular weight is 720 g/mol. The summed E-state index contributed by atoms with van der Waals surface area (Å²) in [5.41, 5.74) is 11.2. The van der Waals surface area contributed by atoms with Gasteiger partial charge >= 0.3 is 0 Å². The summed E-state index contributed by atoms with van der Waals surface area (Å²) in [6.07, 6.45) is 0. The van der Waals surface area contributed by atoms with Crippen molar-refractivity contribution in [1.29, 1.82) is 0 Å². The third-order valence-corrected chi connectivity index (χ3v) is 10.2. The van der Waals surface area contributed by atoms with E-state index in [0.29, 0.717) is 28.9 Å². The first-order valence-corrected chi connectivity index (χ1v) is 18.4. The highest BCUT2D eigenvalue weighted by Gasteiger charge is 2.20. The first-order valence-electron chi connectivity index (χ1n) is 18.4. The lowest BCUT2D eigenvalue weighted by atomic mass is 9.99. The molecule has 0 atom stereocenters. The molecule has 11 rings (SSSR count). The van der Waals surface area contributed by atoms with Crippen LogP contribution in [-0.2, 0) is 0 Å². The van der Waals surface area contributed by atoms with Gasteiger partial charge in [-0.2, -0.15) is 0 Å². The Hall–Kier alpha value is -7.77. The number of furan rings is 2. The SMILES string of the molecule is c1ccc(-c2nc(-c3ccccc3)nc(-c3cccc4oc5ccc(-c6ccc(-c7nc(-c8ccccc8)nc8c7oc7ccccc78)cc6)cc5c34)n2)cc1. The van der Waals surface area contributed by atoms with Crippen LogP contribution in [0, 0.1) is 0 Å².